The average Bonchev–Trinajstić information content (AvgIpc) is 3.11. The van der Waals surface area contributed by atoms with Crippen LogP contribution in [0.1, 0.15) is 12.1 Å². The van der Waals surface area contributed by atoms with Crippen molar-refractivity contribution in [3.63, 3.8) is 0 Å². The normalized spacial score (nSPS) is 17.4. The lowest BCUT2D eigenvalue weighted by Gasteiger charge is -2.27. The standard InChI is InChI=1S/C18H23FN4O2/c1-23(18(24)17-12-20-7-9-25-17)8-3-6-15-11-16(22-21-15)13-4-2-5-14(19)10-13/h2,4-5,10-11,17,20H,3,6-9,12H2,1H3,(H,21,22). The van der Waals surface area contributed by atoms with Gasteiger partial charge in [0, 0.05) is 37.9 Å². The number of halogens is 1. The molecule has 134 valence electrons. The third-order valence-corrected chi connectivity index (χ3v) is 4.27. The van der Waals surface area contributed by atoms with Crippen molar-refractivity contribution in [1.82, 2.24) is 20.4 Å². The highest BCUT2D eigenvalue weighted by Crippen LogP contribution is 2.19. The molecule has 2 heterocycles. The van der Waals surface area contributed by atoms with Crippen molar-refractivity contribution in [3.05, 3.63) is 41.8 Å². The minimum Gasteiger partial charge on any atom is -0.366 e. The number of morpholine rings is 1. The molecule has 25 heavy (non-hydrogen) atoms. The molecule has 2 N–H and O–H groups in total. The summed E-state index contributed by atoms with van der Waals surface area (Å²) in [5.74, 6) is -0.265. The first kappa shape index (κ1) is 17.6. The number of carbonyl (C=O) groups is 1. The van der Waals surface area contributed by atoms with Gasteiger partial charge in [-0.15, -0.1) is 0 Å². The average molecular weight is 346 g/mol. The number of aromatic nitrogens is 2. The van der Waals surface area contributed by atoms with Crippen LogP contribution in [-0.4, -0.2) is 60.4 Å². The van der Waals surface area contributed by atoms with Gasteiger partial charge in [-0.1, -0.05) is 12.1 Å². The second-order valence-corrected chi connectivity index (χ2v) is 6.22. The molecule has 1 aliphatic rings. The number of nitrogens with one attached hydrogen (secondary N) is 2. The Morgan fingerprint density at radius 3 is 3.08 bits per heavy atom. The lowest BCUT2D eigenvalue weighted by molar-refractivity contribution is -0.143. The number of H-pyrrole nitrogens is 1. The largest absolute Gasteiger partial charge is 0.366 e. The summed E-state index contributed by atoms with van der Waals surface area (Å²) in [6.07, 6.45) is 1.20. The van der Waals surface area contributed by atoms with Crippen LogP contribution in [0, 0.1) is 5.82 Å². The fraction of sp³-hybridized carbons (Fsp3) is 0.444. The Morgan fingerprint density at radius 1 is 1.44 bits per heavy atom. The Kier molecular flexibility index (Phi) is 5.78. The number of hydrogen-bond acceptors (Lipinski definition) is 4. The highest BCUT2D eigenvalue weighted by molar-refractivity contribution is 5.81. The zero-order chi connectivity index (χ0) is 17.6. The minimum atomic E-state index is -0.384. The van der Waals surface area contributed by atoms with Crippen LogP contribution in [0.3, 0.4) is 0 Å². The maximum atomic E-state index is 13.3. The molecule has 0 bridgehead atoms. The van der Waals surface area contributed by atoms with E-state index in [4.69, 9.17) is 4.74 Å². The van der Waals surface area contributed by atoms with Gasteiger partial charge >= 0.3 is 0 Å². The van der Waals surface area contributed by atoms with Crippen molar-refractivity contribution in [2.45, 2.75) is 18.9 Å². The number of benzene rings is 1. The van der Waals surface area contributed by atoms with Gasteiger partial charge in [0.15, 0.2) is 0 Å². The summed E-state index contributed by atoms with van der Waals surface area (Å²) >= 11 is 0. The molecule has 0 aliphatic carbocycles. The van der Waals surface area contributed by atoms with E-state index < -0.39 is 0 Å². The van der Waals surface area contributed by atoms with Crippen molar-refractivity contribution in [2.24, 2.45) is 0 Å². The molecule has 1 aromatic carbocycles. The van der Waals surface area contributed by atoms with Crippen molar-refractivity contribution < 1.29 is 13.9 Å². The number of amides is 1. The molecular weight excluding hydrogens is 323 g/mol. The van der Waals surface area contributed by atoms with Gasteiger partial charge in [0.2, 0.25) is 0 Å². The van der Waals surface area contributed by atoms with Crippen LogP contribution >= 0.6 is 0 Å². The molecular formula is C18H23FN4O2. The van der Waals surface area contributed by atoms with Crippen LogP contribution in [0.2, 0.25) is 0 Å². The Hall–Kier alpha value is -2.25. The van der Waals surface area contributed by atoms with E-state index in [1.54, 1.807) is 18.0 Å². The first-order valence-corrected chi connectivity index (χ1v) is 8.51. The number of likely N-dealkylation sites (N-methyl/N-ethyl adjacent to an activating group) is 1. The van der Waals surface area contributed by atoms with Gasteiger partial charge in [0.1, 0.15) is 11.9 Å². The topological polar surface area (TPSA) is 70.2 Å². The van der Waals surface area contributed by atoms with E-state index in [1.807, 2.05) is 12.1 Å². The second kappa shape index (κ2) is 8.22. The SMILES string of the molecule is CN(CCCc1cc(-c2cccc(F)c2)n[nH]1)C(=O)C1CNCCO1. The van der Waals surface area contributed by atoms with Crippen LogP contribution in [-0.2, 0) is 16.0 Å². The lowest BCUT2D eigenvalue weighted by Crippen LogP contribution is -2.48. The molecule has 0 saturated carbocycles. The zero-order valence-electron chi connectivity index (χ0n) is 14.3. The highest BCUT2D eigenvalue weighted by atomic mass is 19.1. The maximum absolute atomic E-state index is 13.3. The van der Waals surface area contributed by atoms with E-state index in [0.717, 1.165) is 36.3 Å². The summed E-state index contributed by atoms with van der Waals surface area (Å²) in [5, 5.41) is 10.4. The monoisotopic (exact) mass is 346 g/mol. The zero-order valence-corrected chi connectivity index (χ0v) is 14.3. The third-order valence-electron chi connectivity index (χ3n) is 4.27. The smallest absolute Gasteiger partial charge is 0.252 e. The van der Waals surface area contributed by atoms with Crippen LogP contribution in [0.25, 0.3) is 11.3 Å². The number of rotatable bonds is 6. The Labute approximate surface area is 146 Å². The molecule has 1 fully saturated rings. The first-order valence-electron chi connectivity index (χ1n) is 8.51. The third kappa shape index (κ3) is 4.64. The molecule has 1 amide bonds. The van der Waals surface area contributed by atoms with Crippen LogP contribution < -0.4 is 5.32 Å². The Bertz CT molecular complexity index is 713. The number of hydrogen-bond donors (Lipinski definition) is 2. The second-order valence-electron chi connectivity index (χ2n) is 6.22. The van der Waals surface area contributed by atoms with E-state index in [2.05, 4.69) is 15.5 Å². The predicted molar refractivity (Wildman–Crippen MR) is 92.5 cm³/mol. The number of nitrogens with zero attached hydrogens (tertiary/aromatic N) is 2. The van der Waals surface area contributed by atoms with Gasteiger partial charge in [-0.05, 0) is 31.0 Å². The van der Waals surface area contributed by atoms with Gasteiger partial charge in [-0.25, -0.2) is 4.39 Å². The van der Waals surface area contributed by atoms with Gasteiger partial charge < -0.3 is 15.0 Å². The molecule has 1 atom stereocenters. The maximum Gasteiger partial charge on any atom is 0.252 e. The van der Waals surface area contributed by atoms with Crippen molar-refractivity contribution >= 4 is 5.91 Å². The Morgan fingerprint density at radius 2 is 2.32 bits per heavy atom. The number of ether oxygens (including phenoxy) is 1. The Balaban J connectivity index is 1.48. The minimum absolute atomic E-state index is 0.0114. The number of carbonyl (C=O) groups excluding carboxylic acids is 1. The summed E-state index contributed by atoms with van der Waals surface area (Å²) in [7, 11) is 1.80. The molecule has 1 saturated heterocycles. The molecule has 2 aromatic rings. The van der Waals surface area contributed by atoms with E-state index >= 15 is 0 Å². The van der Waals surface area contributed by atoms with Crippen molar-refractivity contribution in [3.8, 4) is 11.3 Å². The van der Waals surface area contributed by atoms with E-state index in [1.165, 1.54) is 12.1 Å². The quantitative estimate of drug-likeness (QED) is 0.833. The van der Waals surface area contributed by atoms with Gasteiger partial charge in [-0.2, -0.15) is 5.10 Å². The van der Waals surface area contributed by atoms with Gasteiger partial charge in [0.05, 0.1) is 12.3 Å². The number of aryl methyl sites for hydroxylation is 1. The molecule has 6 nitrogen and oxygen atoms in total. The molecule has 1 unspecified atom stereocenters. The van der Waals surface area contributed by atoms with Crippen LogP contribution in [0.4, 0.5) is 4.39 Å². The molecule has 0 spiro atoms. The molecule has 0 radical (unpaired) electrons. The van der Waals surface area contributed by atoms with E-state index in [9.17, 15) is 9.18 Å². The fourth-order valence-corrected chi connectivity index (χ4v) is 2.87. The first-order chi connectivity index (χ1) is 12.1. The molecule has 7 heteroatoms. The highest BCUT2D eigenvalue weighted by Gasteiger charge is 2.24. The molecule has 1 aromatic heterocycles. The summed E-state index contributed by atoms with van der Waals surface area (Å²) in [5.41, 5.74) is 2.44. The van der Waals surface area contributed by atoms with Crippen molar-refractivity contribution in [2.75, 3.05) is 33.3 Å². The number of aromatic amines is 1. The fourth-order valence-electron chi connectivity index (χ4n) is 2.87. The molecule has 3 rings (SSSR count). The predicted octanol–water partition coefficient (Wildman–Crippen LogP) is 1.60. The summed E-state index contributed by atoms with van der Waals surface area (Å²) in [4.78, 5) is 14.0. The summed E-state index contributed by atoms with van der Waals surface area (Å²) < 4.78 is 18.8. The summed E-state index contributed by atoms with van der Waals surface area (Å²) in [6, 6.07) is 8.29. The van der Waals surface area contributed by atoms with Crippen LogP contribution in [0.15, 0.2) is 30.3 Å². The van der Waals surface area contributed by atoms with E-state index in [-0.39, 0.29) is 17.8 Å². The van der Waals surface area contributed by atoms with Gasteiger partial charge in [-0.3, -0.25) is 9.89 Å². The van der Waals surface area contributed by atoms with Gasteiger partial charge in [0.25, 0.3) is 5.91 Å². The summed E-state index contributed by atoms with van der Waals surface area (Å²) in [6.45, 7) is 2.58. The molecule has 1 aliphatic heterocycles. The van der Waals surface area contributed by atoms with E-state index in [0.29, 0.717) is 19.7 Å². The van der Waals surface area contributed by atoms with Crippen LogP contribution in [0.5, 0.6) is 0 Å². The lowest BCUT2D eigenvalue weighted by atomic mass is 10.1. The van der Waals surface area contributed by atoms with Crippen molar-refractivity contribution in [1.29, 1.82) is 0 Å².